The number of imidazole rings is 1. The highest BCUT2D eigenvalue weighted by atomic mass is 16.5. The second-order valence-electron chi connectivity index (χ2n) is 9.69. The summed E-state index contributed by atoms with van der Waals surface area (Å²) in [5.74, 6) is 1.01. The van der Waals surface area contributed by atoms with Crippen molar-refractivity contribution in [2.75, 3.05) is 17.2 Å². The largest absolute Gasteiger partial charge is 0.462 e. The molecule has 2 heterocycles. The van der Waals surface area contributed by atoms with Crippen LogP contribution in [0.4, 0.5) is 11.8 Å². The number of ether oxygens (including phenoxy) is 1. The van der Waals surface area contributed by atoms with Gasteiger partial charge >= 0.3 is 5.97 Å². The normalized spacial score (nSPS) is 20.7. The number of rotatable bonds is 8. The quantitative estimate of drug-likeness (QED) is 0.408. The number of hydrogen-bond donors (Lipinski definition) is 3. The first-order valence-electron chi connectivity index (χ1n) is 12.9. The molecule has 5 rings (SSSR count). The molecule has 2 aliphatic carbocycles. The van der Waals surface area contributed by atoms with Crippen LogP contribution in [0.1, 0.15) is 80.3 Å². The van der Waals surface area contributed by atoms with Gasteiger partial charge in [-0.2, -0.15) is 9.97 Å². The van der Waals surface area contributed by atoms with Crippen molar-refractivity contribution in [1.82, 2.24) is 19.5 Å². The number of hydrogen-bond acceptors (Lipinski definition) is 8. The van der Waals surface area contributed by atoms with Gasteiger partial charge in [0.15, 0.2) is 17.0 Å². The van der Waals surface area contributed by atoms with Gasteiger partial charge in [0.25, 0.3) is 0 Å². The van der Waals surface area contributed by atoms with Crippen molar-refractivity contribution in [2.45, 2.75) is 83.0 Å². The SMILES string of the molecule is CCOC(=O)c1cccc(CNc2nc(NC3CCC(N)CC3)nc3c2ncn3C2CCCC2)c1. The minimum absolute atomic E-state index is 0.294. The third-order valence-electron chi connectivity index (χ3n) is 7.14. The van der Waals surface area contributed by atoms with E-state index in [-0.39, 0.29) is 5.97 Å². The molecule has 0 atom stereocenters. The average Bonchev–Trinajstić information content (AvgIpc) is 3.54. The first-order chi connectivity index (χ1) is 17.1. The monoisotopic (exact) mass is 477 g/mol. The van der Waals surface area contributed by atoms with E-state index in [4.69, 9.17) is 25.4 Å². The zero-order valence-electron chi connectivity index (χ0n) is 20.4. The lowest BCUT2D eigenvalue weighted by molar-refractivity contribution is 0.0526. The molecular weight excluding hydrogens is 442 g/mol. The third kappa shape index (κ3) is 5.40. The molecule has 2 fully saturated rings. The Hall–Kier alpha value is -3.20. The molecule has 2 saturated carbocycles. The maximum Gasteiger partial charge on any atom is 0.338 e. The van der Waals surface area contributed by atoms with Gasteiger partial charge in [-0.25, -0.2) is 9.78 Å². The smallest absolute Gasteiger partial charge is 0.338 e. The molecule has 9 heteroatoms. The minimum atomic E-state index is -0.312. The van der Waals surface area contributed by atoms with Gasteiger partial charge in [0.1, 0.15) is 0 Å². The van der Waals surface area contributed by atoms with E-state index >= 15 is 0 Å². The molecule has 2 aliphatic rings. The highest BCUT2D eigenvalue weighted by Crippen LogP contribution is 2.33. The molecule has 9 nitrogen and oxygen atoms in total. The molecule has 1 aromatic carbocycles. The fraction of sp³-hybridized carbons (Fsp3) is 0.538. The van der Waals surface area contributed by atoms with Crippen LogP contribution in [0, 0.1) is 0 Å². The Kier molecular flexibility index (Phi) is 7.13. The van der Waals surface area contributed by atoms with Crippen LogP contribution in [0.2, 0.25) is 0 Å². The highest BCUT2D eigenvalue weighted by Gasteiger charge is 2.24. The molecule has 4 N–H and O–H groups in total. The van der Waals surface area contributed by atoms with Crippen molar-refractivity contribution in [3.63, 3.8) is 0 Å². The predicted molar refractivity (Wildman–Crippen MR) is 136 cm³/mol. The summed E-state index contributed by atoms with van der Waals surface area (Å²) in [6, 6.07) is 8.53. The number of benzene rings is 1. The molecule has 0 radical (unpaired) electrons. The van der Waals surface area contributed by atoms with Gasteiger partial charge in [-0.15, -0.1) is 0 Å². The van der Waals surface area contributed by atoms with E-state index in [1.807, 2.05) is 31.5 Å². The van der Waals surface area contributed by atoms with Crippen LogP contribution in [0.25, 0.3) is 11.2 Å². The predicted octanol–water partition coefficient (Wildman–Crippen LogP) is 4.41. The number of fused-ring (bicyclic) bond motifs is 1. The van der Waals surface area contributed by atoms with Gasteiger partial charge in [-0.1, -0.05) is 25.0 Å². The molecule has 0 aliphatic heterocycles. The van der Waals surface area contributed by atoms with E-state index in [0.717, 1.165) is 55.3 Å². The van der Waals surface area contributed by atoms with Crippen molar-refractivity contribution in [1.29, 1.82) is 0 Å². The molecule has 0 bridgehead atoms. The van der Waals surface area contributed by atoms with Crippen LogP contribution in [0.3, 0.4) is 0 Å². The summed E-state index contributed by atoms with van der Waals surface area (Å²) in [5.41, 5.74) is 9.24. The van der Waals surface area contributed by atoms with E-state index in [0.29, 0.717) is 48.6 Å². The van der Waals surface area contributed by atoms with Crippen LogP contribution < -0.4 is 16.4 Å². The molecule has 0 amide bonds. The van der Waals surface area contributed by atoms with Crippen molar-refractivity contribution in [2.24, 2.45) is 5.73 Å². The molecule has 0 saturated heterocycles. The van der Waals surface area contributed by atoms with Crippen molar-refractivity contribution < 1.29 is 9.53 Å². The summed E-state index contributed by atoms with van der Waals surface area (Å²) >= 11 is 0. The summed E-state index contributed by atoms with van der Waals surface area (Å²) in [7, 11) is 0. The number of nitrogens with two attached hydrogens (primary N) is 1. The van der Waals surface area contributed by atoms with Crippen molar-refractivity contribution in [3.8, 4) is 0 Å². The second kappa shape index (κ2) is 10.6. The number of anilines is 2. The highest BCUT2D eigenvalue weighted by molar-refractivity contribution is 5.89. The molecular formula is C26H35N7O2. The van der Waals surface area contributed by atoms with Crippen LogP contribution in [0.5, 0.6) is 0 Å². The molecule has 0 unspecified atom stereocenters. The van der Waals surface area contributed by atoms with Crippen LogP contribution in [0.15, 0.2) is 30.6 Å². The Morgan fingerprint density at radius 1 is 1.14 bits per heavy atom. The topological polar surface area (TPSA) is 120 Å². The van der Waals surface area contributed by atoms with Gasteiger partial charge in [0.2, 0.25) is 5.95 Å². The maximum atomic E-state index is 12.1. The van der Waals surface area contributed by atoms with Gasteiger partial charge < -0.3 is 25.7 Å². The number of esters is 1. The summed E-state index contributed by atoms with van der Waals surface area (Å²) in [4.78, 5) is 26.6. The fourth-order valence-corrected chi connectivity index (χ4v) is 5.21. The van der Waals surface area contributed by atoms with Gasteiger partial charge in [0, 0.05) is 24.7 Å². The van der Waals surface area contributed by atoms with Crippen molar-refractivity contribution >= 4 is 28.9 Å². The summed E-state index contributed by atoms with van der Waals surface area (Å²) in [5, 5.41) is 7.01. The second-order valence-corrected chi connectivity index (χ2v) is 9.69. The Morgan fingerprint density at radius 3 is 2.71 bits per heavy atom. The first-order valence-corrected chi connectivity index (χ1v) is 12.9. The molecule has 0 spiro atoms. The Labute approximate surface area is 205 Å². The van der Waals surface area contributed by atoms with Gasteiger partial charge in [-0.05, 0) is 63.1 Å². The van der Waals surface area contributed by atoms with Gasteiger partial charge in [0.05, 0.1) is 18.5 Å². The van der Waals surface area contributed by atoms with E-state index < -0.39 is 0 Å². The lowest BCUT2D eigenvalue weighted by Gasteiger charge is -2.27. The molecule has 3 aromatic rings. The fourth-order valence-electron chi connectivity index (χ4n) is 5.21. The summed E-state index contributed by atoms with van der Waals surface area (Å²) < 4.78 is 7.36. The van der Waals surface area contributed by atoms with Crippen molar-refractivity contribution in [3.05, 3.63) is 41.7 Å². The Bertz CT molecular complexity index is 1160. The summed E-state index contributed by atoms with van der Waals surface area (Å²) in [6.07, 6.45) is 10.8. The van der Waals surface area contributed by atoms with E-state index in [9.17, 15) is 4.79 Å². The van der Waals surface area contributed by atoms with E-state index in [1.54, 1.807) is 6.07 Å². The summed E-state index contributed by atoms with van der Waals surface area (Å²) in [6.45, 7) is 2.67. The first kappa shape index (κ1) is 23.5. The minimum Gasteiger partial charge on any atom is -0.462 e. The average molecular weight is 478 g/mol. The Balaban J connectivity index is 1.41. The standard InChI is InChI=1S/C26H35N7O2/c1-2-35-25(34)18-7-5-6-17(14-18)15-28-23-22-24(33(16-29-22)21-8-3-4-9-21)32-26(31-23)30-20-12-10-19(27)11-13-20/h5-7,14,16,19-21H,2-4,8-13,15,27H2,1H3,(H2,28,30,31,32). The van der Waals surface area contributed by atoms with E-state index in [2.05, 4.69) is 15.2 Å². The Morgan fingerprint density at radius 2 is 1.94 bits per heavy atom. The van der Waals surface area contributed by atoms with Crippen LogP contribution in [-0.4, -0.2) is 44.2 Å². The maximum absolute atomic E-state index is 12.1. The lowest BCUT2D eigenvalue weighted by atomic mass is 9.92. The zero-order chi connectivity index (χ0) is 24.2. The van der Waals surface area contributed by atoms with E-state index in [1.165, 1.54) is 12.8 Å². The molecule has 2 aromatic heterocycles. The molecule has 35 heavy (non-hydrogen) atoms. The number of carbonyl (C=O) groups excluding carboxylic acids is 1. The molecule has 186 valence electrons. The van der Waals surface area contributed by atoms with Gasteiger partial charge in [-0.3, -0.25) is 0 Å². The third-order valence-corrected chi connectivity index (χ3v) is 7.14. The zero-order valence-corrected chi connectivity index (χ0v) is 20.4. The number of nitrogens with one attached hydrogen (secondary N) is 2. The number of aromatic nitrogens is 4. The lowest BCUT2D eigenvalue weighted by Crippen LogP contribution is -2.33. The van der Waals surface area contributed by atoms with Crippen LogP contribution in [-0.2, 0) is 11.3 Å². The number of carbonyl (C=O) groups is 1. The number of nitrogens with zero attached hydrogens (tertiary/aromatic N) is 4. The van der Waals surface area contributed by atoms with Crippen LogP contribution >= 0.6 is 0 Å².